The molecule has 0 atom stereocenters. The zero-order chi connectivity index (χ0) is 17.0. The molecule has 0 spiro atoms. The van der Waals surface area contributed by atoms with Crippen molar-refractivity contribution in [3.63, 3.8) is 0 Å². The lowest BCUT2D eigenvalue weighted by atomic mass is 10.3. The molecule has 0 unspecified atom stereocenters. The van der Waals surface area contributed by atoms with Crippen molar-refractivity contribution in [2.75, 3.05) is 0 Å². The van der Waals surface area contributed by atoms with Crippen molar-refractivity contribution < 1.29 is 48.3 Å². The van der Waals surface area contributed by atoms with Crippen LogP contribution in [0.5, 0.6) is 0 Å². The van der Waals surface area contributed by atoms with Crippen LogP contribution in [0.4, 0.5) is 48.3 Å². The second kappa shape index (κ2) is 5.00. The minimum atomic E-state index is -7.63. The van der Waals surface area contributed by atoms with Gasteiger partial charge in [-0.2, -0.15) is 26.3 Å². The molecule has 0 aliphatic heterocycles. The van der Waals surface area contributed by atoms with E-state index in [9.17, 15) is 48.3 Å². The lowest BCUT2D eigenvalue weighted by Gasteiger charge is -2.29. The van der Waals surface area contributed by atoms with Gasteiger partial charge in [-0.05, 0) is 0 Å². The summed E-state index contributed by atoms with van der Waals surface area (Å²) in [6, 6.07) is 0. The predicted molar refractivity (Wildman–Crippen MR) is 49.6 cm³/mol. The lowest BCUT2D eigenvalue weighted by Crippen LogP contribution is -2.68. The van der Waals surface area contributed by atoms with E-state index in [1.54, 1.807) is 0 Å². The number of halogens is 12. The van der Waals surface area contributed by atoms with Crippen LogP contribution in [-0.2, 0) is 0 Å². The van der Waals surface area contributed by atoms with Crippen molar-refractivity contribution in [1.29, 1.82) is 0 Å². The first-order valence-electron chi connectivity index (χ1n) is 4.52. The lowest BCUT2D eigenvalue weighted by molar-refractivity contribution is -0.105. The summed E-state index contributed by atoms with van der Waals surface area (Å²) in [6.07, 6.45) is 0. The molecule has 120 valence electrons. The molecule has 0 N–H and O–H groups in total. The number of hydrogen-bond donors (Lipinski definition) is 0. The fraction of sp³-hybridized carbons (Fsp3) is 0.250. The summed E-state index contributed by atoms with van der Waals surface area (Å²) in [5.74, 6) is -28.2. The van der Waals surface area contributed by atoms with Crippen LogP contribution in [0.25, 0.3) is 0 Å². The Balaban J connectivity index is 3.96. The molecular weight excluding hydrogens is 369 g/mol. The molecule has 0 nitrogen and oxygen atoms in total. The van der Waals surface area contributed by atoms with Gasteiger partial charge in [0.15, 0.2) is 23.3 Å². The molecule has 0 amide bonds. The zero-order valence-electron chi connectivity index (χ0n) is 9.04. The molecule has 1 aromatic rings. The van der Waals surface area contributed by atoms with Gasteiger partial charge in [-0.3, -0.25) is 0 Å². The molecule has 1 aromatic carbocycles. The number of alkyl halides is 6. The molecule has 0 radical (unpaired) electrons. The average Bonchev–Trinajstić information content (AvgIpc) is 2.31. The highest BCUT2D eigenvalue weighted by atomic mass is 35.6. The maximum absolute atomic E-state index is 13.2. The molecule has 13 heteroatoms. The van der Waals surface area contributed by atoms with E-state index in [1.807, 2.05) is 0 Å². The third kappa shape index (κ3) is 2.47. The second-order valence-electron chi connectivity index (χ2n) is 3.60. The Bertz CT molecular complexity index is 532. The Morgan fingerprint density at radius 2 is 0.810 bits per heavy atom. The average molecular weight is 369 g/mol. The van der Waals surface area contributed by atoms with Crippen molar-refractivity contribution >= 4 is 23.6 Å². The van der Waals surface area contributed by atoms with E-state index in [4.69, 9.17) is 0 Å². The molecule has 1 rings (SSSR count). The molecule has 0 aromatic heterocycles. The Labute approximate surface area is 113 Å². The Kier molecular flexibility index (Phi) is 4.29. The van der Waals surface area contributed by atoms with Crippen molar-refractivity contribution in [2.24, 2.45) is 0 Å². The molecule has 0 aliphatic carbocycles. The van der Waals surface area contributed by atoms with Gasteiger partial charge in [0.05, 0.1) is 5.19 Å². The predicted octanol–water partition coefficient (Wildman–Crippen LogP) is 3.98. The van der Waals surface area contributed by atoms with Crippen molar-refractivity contribution in [3.8, 4) is 0 Å². The number of rotatable bonds is 1. The van der Waals surface area contributed by atoms with Crippen LogP contribution in [0.2, 0.25) is 0 Å². The second-order valence-corrected chi connectivity index (χ2v) is 8.25. The normalized spacial score (nSPS) is 13.7. The van der Waals surface area contributed by atoms with E-state index in [-0.39, 0.29) is 0 Å². The first-order valence-corrected chi connectivity index (χ1v) is 7.53. The highest BCUT2D eigenvalue weighted by Gasteiger charge is 2.77. The van der Waals surface area contributed by atoms with Crippen LogP contribution in [0.3, 0.4) is 0 Å². The van der Waals surface area contributed by atoms with E-state index in [1.165, 1.54) is 0 Å². The third-order valence-corrected chi connectivity index (χ3v) is 6.88. The van der Waals surface area contributed by atoms with Gasteiger partial charge in [-0.15, -0.1) is 11.1 Å². The minimum Gasteiger partial charge on any atom is -0.204 e. The van der Waals surface area contributed by atoms with Gasteiger partial charge in [0.1, 0.15) is 0 Å². The van der Waals surface area contributed by atoms with E-state index in [2.05, 4.69) is 11.1 Å². The summed E-state index contributed by atoms with van der Waals surface area (Å²) in [7, 11) is -7.63. The van der Waals surface area contributed by atoms with Crippen LogP contribution < -0.4 is 5.19 Å². The molecule has 0 aliphatic rings. The minimum absolute atomic E-state index is 2.90. The third-order valence-electron chi connectivity index (χ3n) is 2.34. The maximum Gasteiger partial charge on any atom is 0.432 e. The topological polar surface area (TPSA) is 0 Å². The van der Waals surface area contributed by atoms with Gasteiger partial charge in [0.2, 0.25) is 5.82 Å². The summed E-state index contributed by atoms with van der Waals surface area (Å²) in [4.78, 5) is 0. The van der Waals surface area contributed by atoms with E-state index >= 15 is 0 Å². The fourth-order valence-corrected chi connectivity index (χ4v) is 3.56. The smallest absolute Gasteiger partial charge is 0.204 e. The summed E-state index contributed by atoms with van der Waals surface area (Å²) < 4.78 is 140. The molecule has 0 bridgehead atoms. The molecular formula is C8ClF11Si. The van der Waals surface area contributed by atoms with Crippen LogP contribution in [0, 0.1) is 29.1 Å². The monoisotopic (exact) mass is 368 g/mol. The summed E-state index contributed by atoms with van der Waals surface area (Å²) in [5, 5.41) is -3.10. The molecule has 21 heavy (non-hydrogen) atoms. The molecule has 0 saturated carbocycles. The van der Waals surface area contributed by atoms with E-state index in [0.29, 0.717) is 0 Å². The van der Waals surface area contributed by atoms with E-state index < -0.39 is 53.3 Å². The van der Waals surface area contributed by atoms with Crippen molar-refractivity contribution in [3.05, 3.63) is 29.1 Å². The Hall–Kier alpha value is -1.04. The summed E-state index contributed by atoms with van der Waals surface area (Å²) in [5.41, 5.74) is 0. The quantitative estimate of drug-likeness (QED) is 0.231. The fourth-order valence-electron chi connectivity index (χ4n) is 1.35. The summed E-state index contributed by atoms with van der Waals surface area (Å²) >= 11 is 4.38. The zero-order valence-corrected chi connectivity index (χ0v) is 10.8. The molecule has 0 heterocycles. The van der Waals surface area contributed by atoms with Gasteiger partial charge in [0, 0.05) is 0 Å². The highest BCUT2D eigenvalue weighted by molar-refractivity contribution is 7.29. The van der Waals surface area contributed by atoms with Crippen LogP contribution in [0.15, 0.2) is 0 Å². The van der Waals surface area contributed by atoms with Crippen LogP contribution >= 0.6 is 11.1 Å². The van der Waals surface area contributed by atoms with E-state index in [0.717, 1.165) is 0 Å². The number of hydrogen-bond acceptors (Lipinski definition) is 0. The van der Waals surface area contributed by atoms with Crippen LogP contribution in [-0.4, -0.2) is 19.0 Å². The first kappa shape index (κ1) is 18.0. The van der Waals surface area contributed by atoms with Crippen molar-refractivity contribution in [2.45, 2.75) is 11.6 Å². The van der Waals surface area contributed by atoms with Crippen molar-refractivity contribution in [1.82, 2.24) is 0 Å². The number of benzene rings is 1. The molecule has 0 fully saturated rings. The maximum atomic E-state index is 13.2. The van der Waals surface area contributed by atoms with Gasteiger partial charge < -0.3 is 0 Å². The standard InChI is InChI=1S/C8ClF11Si/c9-21(7(15,16)17,8(18,19)20)6-4(13)2(11)1(10)3(12)5(6)14. The molecule has 0 saturated heterocycles. The summed E-state index contributed by atoms with van der Waals surface area (Å²) in [6.45, 7) is 0. The SMILES string of the molecule is Fc1c(F)c(F)c([Si](Cl)(C(F)(F)F)C(F)(F)F)c(F)c1F. The van der Waals surface area contributed by atoms with Gasteiger partial charge in [-0.25, -0.2) is 22.0 Å². The first-order chi connectivity index (χ1) is 9.18. The van der Waals surface area contributed by atoms with Gasteiger partial charge in [0.25, 0.3) is 0 Å². The van der Waals surface area contributed by atoms with Gasteiger partial charge >= 0.3 is 19.0 Å². The highest BCUT2D eigenvalue weighted by Crippen LogP contribution is 2.44. The Morgan fingerprint density at radius 3 is 1.05 bits per heavy atom. The van der Waals surface area contributed by atoms with Crippen LogP contribution in [0.1, 0.15) is 0 Å². The Morgan fingerprint density at radius 1 is 0.571 bits per heavy atom. The van der Waals surface area contributed by atoms with Gasteiger partial charge in [-0.1, -0.05) is 0 Å². The largest absolute Gasteiger partial charge is 0.432 e.